The van der Waals surface area contributed by atoms with E-state index in [-0.39, 0.29) is 10.8 Å². The van der Waals surface area contributed by atoms with Crippen LogP contribution in [0.4, 0.5) is 0 Å². The fourth-order valence-corrected chi connectivity index (χ4v) is 1.91. The van der Waals surface area contributed by atoms with Gasteiger partial charge in [0.05, 0.1) is 0 Å². The number of nitrogens with one attached hydrogen (secondary N) is 3. The number of imidazole rings is 1. The van der Waals surface area contributed by atoms with Crippen molar-refractivity contribution in [1.82, 2.24) is 25.0 Å². The molecule has 23 heavy (non-hydrogen) atoms. The van der Waals surface area contributed by atoms with Crippen molar-refractivity contribution < 1.29 is 15.4 Å². The summed E-state index contributed by atoms with van der Waals surface area (Å²) >= 11 is 5.71. The maximum absolute atomic E-state index is 11.7. The first kappa shape index (κ1) is 19.3. The van der Waals surface area contributed by atoms with Gasteiger partial charge in [-0.25, -0.2) is 4.79 Å². The standard InChI is InChI=1S/C10H13ClN4O2.C2H7NO3/c1-2-3-4-5-15-7-6(12-9(11)13-7)8(16)14-10(15)17;1-2(4,5)3-6/h2-5H2,1H3,(H,12,13)(H,14,16,17);3-6H,1H3. The number of unbranched alkanes of at least 4 members (excludes halogenated alkanes) is 2. The van der Waals surface area contributed by atoms with Gasteiger partial charge in [0, 0.05) is 13.5 Å². The number of aromatic nitrogens is 4. The minimum atomic E-state index is -2.15. The number of hydrogen-bond donors (Lipinski definition) is 6. The topological polar surface area (TPSA) is 156 Å². The van der Waals surface area contributed by atoms with Gasteiger partial charge in [-0.1, -0.05) is 19.8 Å². The molecule has 2 aromatic heterocycles. The van der Waals surface area contributed by atoms with Crippen LogP contribution in [-0.4, -0.2) is 40.9 Å². The second-order valence-corrected chi connectivity index (χ2v) is 5.33. The summed E-state index contributed by atoms with van der Waals surface area (Å²) in [6.45, 7) is 3.60. The highest BCUT2D eigenvalue weighted by Gasteiger charge is 2.11. The molecule has 0 aromatic carbocycles. The molecule has 0 fully saturated rings. The molecule has 0 bridgehead atoms. The van der Waals surface area contributed by atoms with E-state index in [2.05, 4.69) is 21.9 Å². The van der Waals surface area contributed by atoms with Crippen molar-refractivity contribution in [3.05, 3.63) is 26.1 Å². The first-order valence-corrected chi connectivity index (χ1v) is 7.31. The lowest BCUT2D eigenvalue weighted by Gasteiger charge is -2.10. The average Bonchev–Trinajstić information content (AvgIpc) is 2.85. The van der Waals surface area contributed by atoms with Crippen molar-refractivity contribution in [2.75, 3.05) is 0 Å². The Morgan fingerprint density at radius 2 is 1.91 bits per heavy atom. The highest BCUT2D eigenvalue weighted by molar-refractivity contribution is 6.28. The summed E-state index contributed by atoms with van der Waals surface area (Å²) < 4.78 is 1.44. The maximum Gasteiger partial charge on any atom is 0.330 e. The van der Waals surface area contributed by atoms with E-state index < -0.39 is 17.2 Å². The maximum atomic E-state index is 11.7. The van der Waals surface area contributed by atoms with Crippen LogP contribution in [0.3, 0.4) is 0 Å². The molecular formula is C12H20ClN5O5. The number of hydrogen-bond acceptors (Lipinski definition) is 7. The molecular weight excluding hydrogens is 330 g/mol. The minimum Gasteiger partial charge on any atom is -0.352 e. The molecule has 0 saturated carbocycles. The number of aryl methyl sites for hydroxylation is 1. The van der Waals surface area contributed by atoms with Crippen molar-refractivity contribution in [3.63, 3.8) is 0 Å². The van der Waals surface area contributed by atoms with Crippen LogP contribution in [0.1, 0.15) is 33.1 Å². The Kier molecular flexibility index (Phi) is 6.91. The number of rotatable bonds is 5. The van der Waals surface area contributed by atoms with Gasteiger partial charge in [-0.3, -0.25) is 14.3 Å². The van der Waals surface area contributed by atoms with E-state index >= 15 is 0 Å². The molecule has 0 amide bonds. The highest BCUT2D eigenvalue weighted by Crippen LogP contribution is 2.09. The van der Waals surface area contributed by atoms with Crippen LogP contribution >= 0.6 is 11.6 Å². The van der Waals surface area contributed by atoms with Crippen molar-refractivity contribution in [1.29, 1.82) is 0 Å². The van der Waals surface area contributed by atoms with Gasteiger partial charge in [0.25, 0.3) is 5.56 Å². The van der Waals surface area contributed by atoms with Crippen LogP contribution in [-0.2, 0) is 6.54 Å². The van der Waals surface area contributed by atoms with E-state index in [1.54, 1.807) is 0 Å². The lowest BCUT2D eigenvalue weighted by atomic mass is 10.2. The predicted molar refractivity (Wildman–Crippen MR) is 83.3 cm³/mol. The van der Waals surface area contributed by atoms with Crippen LogP contribution < -0.4 is 16.7 Å². The number of aliphatic hydroxyl groups is 2. The van der Waals surface area contributed by atoms with Gasteiger partial charge < -0.3 is 20.4 Å². The zero-order chi connectivity index (χ0) is 17.6. The lowest BCUT2D eigenvalue weighted by molar-refractivity contribution is -0.226. The third-order valence-corrected chi connectivity index (χ3v) is 2.98. The molecule has 0 spiro atoms. The van der Waals surface area contributed by atoms with Gasteiger partial charge >= 0.3 is 5.69 Å². The first-order valence-electron chi connectivity index (χ1n) is 6.94. The van der Waals surface area contributed by atoms with Crippen molar-refractivity contribution in [2.24, 2.45) is 0 Å². The van der Waals surface area contributed by atoms with Gasteiger partial charge in [0.1, 0.15) is 0 Å². The van der Waals surface area contributed by atoms with Crippen LogP contribution in [0, 0.1) is 0 Å². The molecule has 130 valence electrons. The second-order valence-electron chi connectivity index (χ2n) is 4.98. The minimum absolute atomic E-state index is 0.111. The fraction of sp³-hybridized carbons (Fsp3) is 0.583. The Morgan fingerprint density at radius 3 is 2.43 bits per heavy atom. The molecule has 6 N–H and O–H groups in total. The Labute approximate surface area is 135 Å². The number of hydroxylamine groups is 1. The van der Waals surface area contributed by atoms with Crippen LogP contribution in [0.5, 0.6) is 0 Å². The number of fused-ring (bicyclic) bond motifs is 1. The summed E-state index contributed by atoms with van der Waals surface area (Å²) in [5.74, 6) is -2.15. The zero-order valence-electron chi connectivity index (χ0n) is 12.8. The summed E-state index contributed by atoms with van der Waals surface area (Å²) in [6.07, 6.45) is 2.94. The summed E-state index contributed by atoms with van der Waals surface area (Å²) in [5.41, 5.74) is 0.844. The Balaban J connectivity index is 0.000000379. The van der Waals surface area contributed by atoms with E-state index in [0.717, 1.165) is 26.2 Å². The summed E-state index contributed by atoms with van der Waals surface area (Å²) in [6, 6.07) is 0. The monoisotopic (exact) mass is 349 g/mol. The zero-order valence-corrected chi connectivity index (χ0v) is 13.5. The number of H-pyrrole nitrogens is 2. The Bertz CT molecular complexity index is 745. The van der Waals surface area contributed by atoms with E-state index in [9.17, 15) is 9.59 Å². The van der Waals surface area contributed by atoms with E-state index in [1.165, 1.54) is 10.0 Å². The quantitative estimate of drug-likeness (QED) is 0.190. The van der Waals surface area contributed by atoms with E-state index in [4.69, 9.17) is 27.0 Å². The molecule has 11 heteroatoms. The largest absolute Gasteiger partial charge is 0.352 e. The normalized spacial score (nSPS) is 11.4. The summed E-state index contributed by atoms with van der Waals surface area (Å²) in [7, 11) is 0. The lowest BCUT2D eigenvalue weighted by Crippen LogP contribution is -2.39. The van der Waals surface area contributed by atoms with Crippen LogP contribution in [0.2, 0.25) is 5.28 Å². The SMILES string of the molecule is CC(O)(O)NO.CCCCCn1c(=O)[nH]c(=O)c2[nH]c(Cl)nc21. The Morgan fingerprint density at radius 1 is 1.30 bits per heavy atom. The molecule has 0 unspecified atom stereocenters. The summed E-state index contributed by atoms with van der Waals surface area (Å²) in [4.78, 5) is 32.0. The van der Waals surface area contributed by atoms with E-state index in [1.807, 2.05) is 0 Å². The van der Waals surface area contributed by atoms with Crippen molar-refractivity contribution in [2.45, 2.75) is 45.6 Å². The van der Waals surface area contributed by atoms with Crippen LogP contribution in [0.15, 0.2) is 9.59 Å². The van der Waals surface area contributed by atoms with Gasteiger partial charge in [0.2, 0.25) is 11.2 Å². The first-order chi connectivity index (χ1) is 10.7. The third kappa shape index (κ3) is 5.77. The van der Waals surface area contributed by atoms with Gasteiger partial charge in [0.15, 0.2) is 11.2 Å². The number of halogens is 1. The number of nitrogens with zero attached hydrogens (tertiary/aromatic N) is 2. The highest BCUT2D eigenvalue weighted by atomic mass is 35.5. The molecule has 0 saturated heterocycles. The smallest absolute Gasteiger partial charge is 0.330 e. The number of aromatic amines is 2. The third-order valence-electron chi connectivity index (χ3n) is 2.80. The van der Waals surface area contributed by atoms with Crippen LogP contribution in [0.25, 0.3) is 11.2 Å². The second kappa shape index (κ2) is 8.22. The molecule has 2 heterocycles. The molecule has 0 aliphatic rings. The molecule has 0 aliphatic carbocycles. The van der Waals surface area contributed by atoms with Gasteiger partial charge in [-0.2, -0.15) is 10.5 Å². The van der Waals surface area contributed by atoms with Crippen molar-refractivity contribution >= 4 is 22.8 Å². The molecule has 0 aliphatic heterocycles. The van der Waals surface area contributed by atoms with Gasteiger partial charge in [-0.15, -0.1) is 0 Å². The molecule has 2 aromatic rings. The molecule has 0 radical (unpaired) electrons. The fourth-order valence-electron chi connectivity index (χ4n) is 1.74. The van der Waals surface area contributed by atoms with Gasteiger partial charge in [-0.05, 0) is 18.0 Å². The summed E-state index contributed by atoms with van der Waals surface area (Å²) in [5, 5.41) is 23.8. The Hall–Kier alpha value is -1.72. The molecule has 0 atom stereocenters. The van der Waals surface area contributed by atoms with Crippen molar-refractivity contribution in [3.8, 4) is 0 Å². The average molecular weight is 350 g/mol. The van der Waals surface area contributed by atoms with E-state index in [0.29, 0.717) is 12.2 Å². The predicted octanol–water partition coefficient (Wildman–Crippen LogP) is -0.120. The molecule has 2 rings (SSSR count). The molecule has 10 nitrogen and oxygen atoms in total.